The molecular weight excluding hydrogens is 229 g/mol. The largest absolute Gasteiger partial charge is 0.383 e. The normalized spacial score (nSPS) is 12.6. The van der Waals surface area contributed by atoms with E-state index in [-0.39, 0.29) is 5.82 Å². The summed E-state index contributed by atoms with van der Waals surface area (Å²) in [5, 5.41) is 3.36. The molecule has 0 fully saturated rings. The van der Waals surface area contributed by atoms with Crippen molar-refractivity contribution >= 4 is 0 Å². The van der Waals surface area contributed by atoms with Gasteiger partial charge < -0.3 is 10.1 Å². The van der Waals surface area contributed by atoms with Crippen molar-refractivity contribution in [1.82, 2.24) is 5.32 Å². The number of ether oxygens (including phenoxy) is 1. The number of halogens is 1. The molecule has 1 aromatic rings. The number of methoxy groups -OCH3 is 1. The summed E-state index contributed by atoms with van der Waals surface area (Å²) in [6.45, 7) is 4.67. The van der Waals surface area contributed by atoms with Crippen molar-refractivity contribution in [2.75, 3.05) is 26.8 Å². The molecule has 1 N–H and O–H groups in total. The molecule has 0 spiro atoms. The highest BCUT2D eigenvalue weighted by molar-refractivity contribution is 5.17. The molecule has 1 atom stereocenters. The highest BCUT2D eigenvalue weighted by Crippen LogP contribution is 2.16. The summed E-state index contributed by atoms with van der Waals surface area (Å²) in [6, 6.07) is 7.06. The molecule has 0 radical (unpaired) electrons. The van der Waals surface area contributed by atoms with Crippen LogP contribution >= 0.6 is 0 Å². The van der Waals surface area contributed by atoms with E-state index in [1.807, 2.05) is 12.1 Å². The molecule has 1 rings (SSSR count). The van der Waals surface area contributed by atoms with Crippen molar-refractivity contribution < 1.29 is 9.13 Å². The number of hydrogen-bond acceptors (Lipinski definition) is 2. The Balaban J connectivity index is 2.44. The number of benzene rings is 1. The van der Waals surface area contributed by atoms with Crippen LogP contribution in [0.1, 0.15) is 25.3 Å². The van der Waals surface area contributed by atoms with Gasteiger partial charge in [0, 0.05) is 13.7 Å². The zero-order chi connectivity index (χ0) is 13.2. The molecule has 0 saturated heterocycles. The molecule has 1 aromatic carbocycles. The Morgan fingerprint density at radius 2 is 2.11 bits per heavy atom. The second-order valence-electron chi connectivity index (χ2n) is 4.65. The first-order chi connectivity index (χ1) is 8.77. The van der Waals surface area contributed by atoms with Crippen molar-refractivity contribution in [2.45, 2.75) is 26.2 Å². The van der Waals surface area contributed by atoms with E-state index in [1.54, 1.807) is 13.2 Å². The minimum Gasteiger partial charge on any atom is -0.383 e. The Labute approximate surface area is 110 Å². The molecule has 0 heterocycles. The monoisotopic (exact) mass is 253 g/mol. The van der Waals surface area contributed by atoms with Gasteiger partial charge in [-0.2, -0.15) is 0 Å². The number of hydrogen-bond donors (Lipinski definition) is 1. The third-order valence-corrected chi connectivity index (χ3v) is 3.08. The molecule has 3 heteroatoms. The first kappa shape index (κ1) is 15.1. The molecule has 0 aromatic heterocycles. The second kappa shape index (κ2) is 9.06. The average Bonchev–Trinajstić information content (AvgIpc) is 2.37. The van der Waals surface area contributed by atoms with Crippen LogP contribution in [0.3, 0.4) is 0 Å². The third-order valence-electron chi connectivity index (χ3n) is 3.08. The minimum atomic E-state index is -0.0875. The van der Waals surface area contributed by atoms with Crippen LogP contribution in [-0.2, 0) is 11.2 Å². The zero-order valence-electron chi connectivity index (χ0n) is 11.4. The molecule has 18 heavy (non-hydrogen) atoms. The van der Waals surface area contributed by atoms with Crippen molar-refractivity contribution in [1.29, 1.82) is 0 Å². The van der Waals surface area contributed by atoms with Gasteiger partial charge in [-0.05, 0) is 36.9 Å². The lowest BCUT2D eigenvalue weighted by Crippen LogP contribution is -2.27. The van der Waals surface area contributed by atoms with E-state index < -0.39 is 0 Å². The molecule has 2 nitrogen and oxygen atoms in total. The highest BCUT2D eigenvalue weighted by atomic mass is 19.1. The summed E-state index contributed by atoms with van der Waals surface area (Å²) in [4.78, 5) is 0. The molecular formula is C15H24FNO. The van der Waals surface area contributed by atoms with E-state index in [2.05, 4.69) is 12.2 Å². The van der Waals surface area contributed by atoms with Crippen LogP contribution < -0.4 is 5.32 Å². The summed E-state index contributed by atoms with van der Waals surface area (Å²) in [7, 11) is 1.70. The Morgan fingerprint density at radius 3 is 2.78 bits per heavy atom. The van der Waals surface area contributed by atoms with Crippen LogP contribution in [0.25, 0.3) is 0 Å². The molecule has 102 valence electrons. The van der Waals surface area contributed by atoms with Crippen LogP contribution in [0.2, 0.25) is 0 Å². The van der Waals surface area contributed by atoms with Crippen molar-refractivity contribution in [3.05, 3.63) is 35.6 Å². The van der Waals surface area contributed by atoms with Gasteiger partial charge in [-0.1, -0.05) is 31.5 Å². The lowest BCUT2D eigenvalue weighted by atomic mass is 9.94. The quantitative estimate of drug-likeness (QED) is 0.683. The number of nitrogens with one attached hydrogen (secondary N) is 1. The van der Waals surface area contributed by atoms with Crippen molar-refractivity contribution in [2.24, 2.45) is 5.92 Å². The molecule has 0 aliphatic heterocycles. The molecule has 1 unspecified atom stereocenters. The maximum atomic E-state index is 13.6. The van der Waals surface area contributed by atoms with Gasteiger partial charge >= 0.3 is 0 Å². The van der Waals surface area contributed by atoms with Crippen LogP contribution in [0.5, 0.6) is 0 Å². The van der Waals surface area contributed by atoms with Crippen LogP contribution in [0, 0.1) is 11.7 Å². The van der Waals surface area contributed by atoms with Gasteiger partial charge in [0.25, 0.3) is 0 Å². The van der Waals surface area contributed by atoms with Crippen LogP contribution in [0.4, 0.5) is 4.39 Å². The lowest BCUT2D eigenvalue weighted by molar-refractivity contribution is 0.197. The van der Waals surface area contributed by atoms with Crippen molar-refractivity contribution in [3.63, 3.8) is 0 Å². The predicted octanol–water partition coefficient (Wildman–Crippen LogP) is 3.02. The van der Waals surface area contributed by atoms with Crippen LogP contribution in [-0.4, -0.2) is 26.8 Å². The van der Waals surface area contributed by atoms with Gasteiger partial charge in [0.2, 0.25) is 0 Å². The van der Waals surface area contributed by atoms with E-state index in [1.165, 1.54) is 6.07 Å². The Hall–Kier alpha value is -0.930. The van der Waals surface area contributed by atoms with Gasteiger partial charge in [-0.25, -0.2) is 4.39 Å². The van der Waals surface area contributed by atoms with E-state index in [0.29, 0.717) is 5.92 Å². The molecule has 0 aliphatic carbocycles. The maximum absolute atomic E-state index is 13.6. The molecule has 0 bridgehead atoms. The lowest BCUT2D eigenvalue weighted by Gasteiger charge is -2.17. The maximum Gasteiger partial charge on any atom is 0.126 e. The van der Waals surface area contributed by atoms with Gasteiger partial charge in [-0.3, -0.25) is 0 Å². The van der Waals surface area contributed by atoms with E-state index >= 15 is 0 Å². The highest BCUT2D eigenvalue weighted by Gasteiger charge is 2.11. The first-order valence-corrected chi connectivity index (χ1v) is 6.71. The summed E-state index contributed by atoms with van der Waals surface area (Å²) in [5.74, 6) is 0.402. The SMILES string of the molecule is CCCC(CNCCOC)Cc1ccccc1F. The van der Waals surface area contributed by atoms with E-state index in [9.17, 15) is 4.39 Å². The minimum absolute atomic E-state index is 0.0875. The summed E-state index contributed by atoms with van der Waals surface area (Å²) in [6.07, 6.45) is 3.06. The predicted molar refractivity (Wildman–Crippen MR) is 73.2 cm³/mol. The third kappa shape index (κ3) is 5.61. The number of rotatable bonds is 9. The summed E-state index contributed by atoms with van der Waals surface area (Å²) in [5.41, 5.74) is 0.824. The standard InChI is InChI=1S/C15H24FNO/c1-3-6-13(12-17-9-10-18-2)11-14-7-4-5-8-15(14)16/h4-5,7-8,13,17H,3,6,9-12H2,1-2H3. The fraction of sp³-hybridized carbons (Fsp3) is 0.600. The molecule has 0 amide bonds. The zero-order valence-corrected chi connectivity index (χ0v) is 11.4. The topological polar surface area (TPSA) is 21.3 Å². The summed E-state index contributed by atoms with van der Waals surface area (Å²) >= 11 is 0. The van der Waals surface area contributed by atoms with Crippen LogP contribution in [0.15, 0.2) is 24.3 Å². The Morgan fingerprint density at radius 1 is 1.33 bits per heavy atom. The molecule has 0 saturated carbocycles. The Kier molecular flexibility index (Phi) is 7.62. The second-order valence-corrected chi connectivity index (χ2v) is 4.65. The van der Waals surface area contributed by atoms with Crippen molar-refractivity contribution in [3.8, 4) is 0 Å². The van der Waals surface area contributed by atoms with Gasteiger partial charge in [0.1, 0.15) is 5.82 Å². The van der Waals surface area contributed by atoms with E-state index in [4.69, 9.17) is 4.74 Å². The smallest absolute Gasteiger partial charge is 0.126 e. The average molecular weight is 253 g/mol. The van der Waals surface area contributed by atoms with Gasteiger partial charge in [-0.15, -0.1) is 0 Å². The fourth-order valence-corrected chi connectivity index (χ4v) is 2.14. The molecule has 0 aliphatic rings. The summed E-state index contributed by atoms with van der Waals surface area (Å²) < 4.78 is 18.6. The first-order valence-electron chi connectivity index (χ1n) is 6.71. The Bertz CT molecular complexity index is 330. The van der Waals surface area contributed by atoms with Gasteiger partial charge in [0.05, 0.1) is 6.61 Å². The van der Waals surface area contributed by atoms with Gasteiger partial charge in [0.15, 0.2) is 0 Å². The van der Waals surface area contributed by atoms with E-state index in [0.717, 1.165) is 44.5 Å². The fourth-order valence-electron chi connectivity index (χ4n) is 2.14.